The first-order valence-electron chi connectivity index (χ1n) is 14.1. The van der Waals surface area contributed by atoms with Crippen LogP contribution >= 0.6 is 0 Å². The SMILES string of the molecule is CCO/C(C)=N/c1c(F)cccc1Nc1cc(N(C(=O)OC(C)(C)C)C(=O)OC(C)(C)C)nc(Nc2ccc(C(F)(F)F)cc2)n1. The lowest BCUT2D eigenvalue weighted by atomic mass is 10.2. The molecule has 2 amide bonds. The van der Waals surface area contributed by atoms with Gasteiger partial charge in [-0.2, -0.15) is 28.0 Å². The largest absolute Gasteiger partial charge is 0.481 e. The number of para-hydroxylation sites is 1. The molecule has 3 rings (SSSR count). The van der Waals surface area contributed by atoms with Gasteiger partial charge < -0.3 is 24.8 Å². The molecule has 46 heavy (non-hydrogen) atoms. The molecule has 3 aromatic rings. The van der Waals surface area contributed by atoms with E-state index in [1.807, 2.05) is 0 Å². The van der Waals surface area contributed by atoms with E-state index in [-0.39, 0.29) is 40.5 Å². The van der Waals surface area contributed by atoms with Crippen molar-refractivity contribution >= 4 is 52.7 Å². The number of hydrogen-bond acceptors (Lipinski definition) is 10. The van der Waals surface area contributed by atoms with E-state index in [4.69, 9.17) is 14.2 Å². The van der Waals surface area contributed by atoms with Gasteiger partial charge in [0.05, 0.1) is 17.9 Å². The lowest BCUT2D eigenvalue weighted by Gasteiger charge is -2.28. The molecule has 1 aromatic heterocycles. The lowest BCUT2D eigenvalue weighted by Crippen LogP contribution is -2.44. The van der Waals surface area contributed by atoms with Crippen LogP contribution in [0.1, 0.15) is 61.0 Å². The Morgan fingerprint density at radius 1 is 0.891 bits per heavy atom. The molecule has 11 nitrogen and oxygen atoms in total. The number of halogens is 4. The number of aromatic nitrogens is 2. The third-order valence-corrected chi connectivity index (χ3v) is 5.43. The molecule has 0 saturated carbocycles. The molecule has 0 aliphatic heterocycles. The molecule has 0 aliphatic carbocycles. The minimum atomic E-state index is -4.56. The number of nitrogens with zero attached hydrogens (tertiary/aromatic N) is 4. The Morgan fingerprint density at radius 2 is 1.48 bits per heavy atom. The van der Waals surface area contributed by atoms with Crippen LogP contribution in [0, 0.1) is 5.82 Å². The number of aliphatic imine (C=N–C) groups is 1. The first-order chi connectivity index (χ1) is 21.3. The van der Waals surface area contributed by atoms with Crippen molar-refractivity contribution in [3.63, 3.8) is 0 Å². The third-order valence-electron chi connectivity index (χ3n) is 5.43. The molecule has 0 saturated heterocycles. The van der Waals surface area contributed by atoms with Crippen LogP contribution in [0.4, 0.5) is 61.8 Å². The van der Waals surface area contributed by atoms with Crippen LogP contribution < -0.4 is 15.5 Å². The summed E-state index contributed by atoms with van der Waals surface area (Å²) < 4.78 is 70.5. The van der Waals surface area contributed by atoms with E-state index >= 15 is 0 Å². The predicted octanol–water partition coefficient (Wildman–Crippen LogP) is 8.88. The van der Waals surface area contributed by atoms with E-state index in [9.17, 15) is 27.2 Å². The number of benzene rings is 2. The van der Waals surface area contributed by atoms with Crippen LogP contribution in [0.25, 0.3) is 0 Å². The van der Waals surface area contributed by atoms with Crippen molar-refractivity contribution in [1.82, 2.24) is 9.97 Å². The highest BCUT2D eigenvalue weighted by Gasteiger charge is 2.34. The number of carbonyl (C=O) groups is 2. The second kappa shape index (κ2) is 14.0. The average molecular weight is 649 g/mol. The maximum Gasteiger partial charge on any atom is 0.425 e. The van der Waals surface area contributed by atoms with E-state index in [0.717, 1.165) is 24.3 Å². The molecular formula is C31H36F4N6O5. The van der Waals surface area contributed by atoms with Crippen molar-refractivity contribution in [2.45, 2.75) is 72.8 Å². The number of imide groups is 1. The van der Waals surface area contributed by atoms with E-state index in [1.165, 1.54) is 24.3 Å². The van der Waals surface area contributed by atoms with Gasteiger partial charge in [-0.25, -0.2) is 19.0 Å². The molecule has 0 radical (unpaired) electrons. The number of anilines is 5. The maximum atomic E-state index is 14.9. The fourth-order valence-electron chi connectivity index (χ4n) is 3.68. The lowest BCUT2D eigenvalue weighted by molar-refractivity contribution is -0.137. The van der Waals surface area contributed by atoms with Gasteiger partial charge in [0.2, 0.25) is 5.95 Å². The minimum Gasteiger partial charge on any atom is -0.481 e. The Morgan fingerprint density at radius 3 is 2.00 bits per heavy atom. The summed E-state index contributed by atoms with van der Waals surface area (Å²) in [6, 6.07) is 9.35. The number of amides is 2. The molecule has 0 atom stereocenters. The first-order valence-corrected chi connectivity index (χ1v) is 14.1. The fourth-order valence-corrected chi connectivity index (χ4v) is 3.68. The summed E-state index contributed by atoms with van der Waals surface area (Å²) in [5.41, 5.74) is -2.77. The number of carbonyl (C=O) groups excluding carboxylic acids is 2. The van der Waals surface area contributed by atoms with Gasteiger partial charge in [-0.3, -0.25) is 0 Å². The Bertz CT molecular complexity index is 1550. The number of rotatable bonds is 7. The van der Waals surface area contributed by atoms with Crippen molar-refractivity contribution in [3.05, 3.63) is 59.9 Å². The number of alkyl halides is 3. The molecule has 2 aromatic carbocycles. The number of ether oxygens (including phenoxy) is 3. The van der Waals surface area contributed by atoms with Crippen LogP contribution in [0.5, 0.6) is 0 Å². The van der Waals surface area contributed by atoms with Gasteiger partial charge in [-0.15, -0.1) is 0 Å². The molecule has 0 bridgehead atoms. The van der Waals surface area contributed by atoms with Crippen molar-refractivity contribution < 1.29 is 41.4 Å². The smallest absolute Gasteiger partial charge is 0.425 e. The fraction of sp³-hybridized carbons (Fsp3) is 0.387. The van der Waals surface area contributed by atoms with Crippen LogP contribution in [0.15, 0.2) is 53.5 Å². The van der Waals surface area contributed by atoms with Gasteiger partial charge in [-0.05, 0) is 84.9 Å². The maximum absolute atomic E-state index is 14.9. The summed E-state index contributed by atoms with van der Waals surface area (Å²) in [6.07, 6.45) is -6.82. The van der Waals surface area contributed by atoms with Gasteiger partial charge in [-0.1, -0.05) is 6.07 Å². The predicted molar refractivity (Wildman–Crippen MR) is 166 cm³/mol. The first kappa shape index (κ1) is 35.5. The van der Waals surface area contributed by atoms with E-state index < -0.39 is 40.9 Å². The minimum absolute atomic E-state index is 0.0624. The molecule has 248 valence electrons. The Labute approximate surface area is 264 Å². The van der Waals surface area contributed by atoms with Gasteiger partial charge in [0.25, 0.3) is 0 Å². The summed E-state index contributed by atoms with van der Waals surface area (Å²) in [7, 11) is 0. The van der Waals surface area contributed by atoms with Gasteiger partial charge in [0.15, 0.2) is 17.5 Å². The normalized spacial score (nSPS) is 12.3. The third kappa shape index (κ3) is 10.3. The Balaban J connectivity index is 2.18. The van der Waals surface area contributed by atoms with Crippen molar-refractivity contribution in [1.29, 1.82) is 0 Å². The van der Waals surface area contributed by atoms with E-state index in [1.54, 1.807) is 55.4 Å². The zero-order valence-electron chi connectivity index (χ0n) is 26.7. The van der Waals surface area contributed by atoms with Crippen LogP contribution in [0.3, 0.4) is 0 Å². The highest BCUT2D eigenvalue weighted by Crippen LogP contribution is 2.34. The second-order valence-corrected chi connectivity index (χ2v) is 11.8. The Kier molecular flexibility index (Phi) is 10.8. The molecule has 1 heterocycles. The summed E-state index contributed by atoms with van der Waals surface area (Å²) in [6.45, 7) is 13.2. The molecule has 0 aliphatic rings. The van der Waals surface area contributed by atoms with Gasteiger partial charge in [0.1, 0.15) is 22.7 Å². The summed E-state index contributed by atoms with van der Waals surface area (Å²) in [5, 5.41) is 5.68. The monoisotopic (exact) mass is 648 g/mol. The molecule has 2 N–H and O–H groups in total. The highest BCUT2D eigenvalue weighted by atomic mass is 19.4. The van der Waals surface area contributed by atoms with Crippen LogP contribution in [-0.4, -0.2) is 45.9 Å². The number of hydrogen-bond donors (Lipinski definition) is 2. The number of nitrogens with one attached hydrogen (secondary N) is 2. The van der Waals surface area contributed by atoms with Crippen molar-refractivity contribution in [3.8, 4) is 0 Å². The zero-order valence-corrected chi connectivity index (χ0v) is 26.7. The quantitative estimate of drug-likeness (QED) is 0.147. The summed E-state index contributed by atoms with van der Waals surface area (Å²) >= 11 is 0. The molecular weight excluding hydrogens is 612 g/mol. The molecule has 15 heteroatoms. The van der Waals surface area contributed by atoms with Gasteiger partial charge >= 0.3 is 18.4 Å². The zero-order chi connectivity index (χ0) is 34.4. The van der Waals surface area contributed by atoms with Crippen molar-refractivity contribution in [2.24, 2.45) is 4.99 Å². The summed E-state index contributed by atoms with van der Waals surface area (Å²) in [5.74, 6) is -1.14. The van der Waals surface area contributed by atoms with Crippen molar-refractivity contribution in [2.75, 3.05) is 22.1 Å². The second-order valence-electron chi connectivity index (χ2n) is 11.8. The Hall–Kier alpha value is -4.95. The molecule has 0 unspecified atom stereocenters. The van der Waals surface area contributed by atoms with E-state index in [0.29, 0.717) is 11.5 Å². The standard InChI is InChI=1S/C31H36F4N6O5/c1-9-44-18(2)36-25-21(32)11-10-12-22(25)38-23-17-24(41(27(42)45-29(3,4)5)28(43)46-30(6,7)8)40-26(39-23)37-20-15-13-19(14-16-20)31(33,34)35/h10-17H,9H2,1-8H3,(H2,37,38,39,40)/b36-18+. The topological polar surface area (TPSA) is 127 Å². The molecule has 0 spiro atoms. The molecule has 0 fully saturated rings. The summed E-state index contributed by atoms with van der Waals surface area (Å²) in [4.78, 5) is 40.1. The highest BCUT2D eigenvalue weighted by molar-refractivity contribution is 6.09. The van der Waals surface area contributed by atoms with Gasteiger partial charge in [0, 0.05) is 18.7 Å². The average Bonchev–Trinajstić information content (AvgIpc) is 2.88. The van der Waals surface area contributed by atoms with Crippen LogP contribution in [0.2, 0.25) is 0 Å². The van der Waals surface area contributed by atoms with E-state index in [2.05, 4.69) is 25.6 Å². The van der Waals surface area contributed by atoms with Crippen LogP contribution in [-0.2, 0) is 20.4 Å².